The molecule has 1 aliphatic heterocycles. The van der Waals surface area contributed by atoms with Gasteiger partial charge in [-0.25, -0.2) is 0 Å². The van der Waals surface area contributed by atoms with Gasteiger partial charge in [0.05, 0.1) is 6.61 Å². The van der Waals surface area contributed by atoms with Gasteiger partial charge in [-0.1, -0.05) is 0 Å². The molecule has 1 heterocycles. The third-order valence-electron chi connectivity index (χ3n) is 2.74. The fourth-order valence-corrected chi connectivity index (χ4v) is 1.86. The third-order valence-corrected chi connectivity index (χ3v) is 2.74. The van der Waals surface area contributed by atoms with Crippen molar-refractivity contribution in [1.29, 1.82) is 0 Å². The summed E-state index contributed by atoms with van der Waals surface area (Å²) in [6.07, 6.45) is 1.71. The van der Waals surface area contributed by atoms with Crippen LogP contribution in [0.2, 0.25) is 0 Å². The molecular formula is C11H21ClN2O3. The summed E-state index contributed by atoms with van der Waals surface area (Å²) in [6.45, 7) is 3.92. The Kier molecular flexibility index (Phi) is 7.91. The number of halogens is 1. The summed E-state index contributed by atoms with van der Waals surface area (Å²) in [5.74, 6) is -0.234. The summed E-state index contributed by atoms with van der Waals surface area (Å²) in [7, 11) is 1.65. The first-order chi connectivity index (χ1) is 7.65. The minimum absolute atomic E-state index is 0. The van der Waals surface area contributed by atoms with Gasteiger partial charge in [-0.15, -0.1) is 12.4 Å². The van der Waals surface area contributed by atoms with E-state index in [0.29, 0.717) is 6.61 Å². The number of ether oxygens (including phenoxy) is 1. The van der Waals surface area contributed by atoms with E-state index in [1.54, 1.807) is 14.0 Å². The lowest BCUT2D eigenvalue weighted by Gasteiger charge is -2.26. The van der Waals surface area contributed by atoms with Gasteiger partial charge < -0.3 is 15.0 Å². The van der Waals surface area contributed by atoms with Crippen LogP contribution in [0.1, 0.15) is 19.8 Å². The molecule has 0 radical (unpaired) electrons. The van der Waals surface area contributed by atoms with Gasteiger partial charge in [0, 0.05) is 13.0 Å². The van der Waals surface area contributed by atoms with Crippen LogP contribution in [0.3, 0.4) is 0 Å². The number of carbonyl (C=O) groups is 2. The van der Waals surface area contributed by atoms with E-state index < -0.39 is 0 Å². The lowest BCUT2D eigenvalue weighted by molar-refractivity contribution is -0.149. The fourth-order valence-electron chi connectivity index (χ4n) is 1.86. The number of amides is 1. The molecular weight excluding hydrogens is 244 g/mol. The highest BCUT2D eigenvalue weighted by Gasteiger charge is 2.24. The van der Waals surface area contributed by atoms with Gasteiger partial charge in [0.2, 0.25) is 5.91 Å². The predicted octanol–water partition coefficient (Wildman–Crippen LogP) is 0.429. The van der Waals surface area contributed by atoms with Crippen molar-refractivity contribution in [3.8, 4) is 0 Å². The molecule has 1 N–H and O–H groups in total. The lowest BCUT2D eigenvalue weighted by atomic mass is 9.97. The van der Waals surface area contributed by atoms with Gasteiger partial charge in [-0.2, -0.15) is 0 Å². The lowest BCUT2D eigenvalue weighted by Crippen LogP contribution is -2.41. The summed E-state index contributed by atoms with van der Waals surface area (Å²) in [4.78, 5) is 24.6. The van der Waals surface area contributed by atoms with Crippen LogP contribution in [-0.4, -0.2) is 50.1 Å². The number of nitrogens with zero attached hydrogens (tertiary/aromatic N) is 1. The molecule has 0 aromatic heterocycles. The van der Waals surface area contributed by atoms with Gasteiger partial charge >= 0.3 is 5.97 Å². The van der Waals surface area contributed by atoms with Crippen molar-refractivity contribution in [1.82, 2.24) is 10.2 Å². The van der Waals surface area contributed by atoms with E-state index in [-0.39, 0.29) is 36.7 Å². The van der Waals surface area contributed by atoms with Gasteiger partial charge in [0.25, 0.3) is 0 Å². The second-order valence-corrected chi connectivity index (χ2v) is 4.02. The van der Waals surface area contributed by atoms with Gasteiger partial charge in [0.15, 0.2) is 0 Å². The zero-order valence-electron chi connectivity index (χ0n) is 10.4. The molecule has 0 spiro atoms. The Morgan fingerprint density at radius 1 is 1.35 bits per heavy atom. The number of likely N-dealkylation sites (N-methyl/N-ethyl adjacent to an activating group) is 1. The first-order valence-electron chi connectivity index (χ1n) is 5.76. The van der Waals surface area contributed by atoms with E-state index in [1.807, 2.05) is 0 Å². The average Bonchev–Trinajstić information content (AvgIpc) is 2.29. The third kappa shape index (κ3) is 5.37. The fraction of sp³-hybridized carbons (Fsp3) is 0.818. The smallest absolute Gasteiger partial charge is 0.325 e. The normalized spacial score (nSPS) is 15.9. The molecule has 17 heavy (non-hydrogen) atoms. The quantitative estimate of drug-likeness (QED) is 0.748. The molecule has 0 atom stereocenters. The van der Waals surface area contributed by atoms with Crippen LogP contribution in [0.4, 0.5) is 0 Å². The maximum absolute atomic E-state index is 11.9. The molecule has 1 fully saturated rings. The number of hydrogen-bond donors (Lipinski definition) is 1. The molecule has 5 nitrogen and oxygen atoms in total. The van der Waals surface area contributed by atoms with Crippen molar-refractivity contribution >= 4 is 24.3 Å². The SMILES string of the molecule is CCOC(=O)CN(C)C(=O)C1CCNCC1.Cl. The zero-order valence-corrected chi connectivity index (χ0v) is 11.2. The Bertz CT molecular complexity index is 255. The highest BCUT2D eigenvalue weighted by Crippen LogP contribution is 2.14. The molecule has 0 aromatic rings. The van der Waals surface area contributed by atoms with Crippen LogP contribution in [0, 0.1) is 5.92 Å². The number of piperidine rings is 1. The molecule has 0 aromatic carbocycles. The summed E-state index contributed by atoms with van der Waals surface area (Å²) in [6, 6.07) is 0. The molecule has 1 amide bonds. The minimum Gasteiger partial charge on any atom is -0.465 e. The van der Waals surface area contributed by atoms with E-state index in [4.69, 9.17) is 4.74 Å². The van der Waals surface area contributed by atoms with Crippen molar-refractivity contribution in [3.05, 3.63) is 0 Å². The summed E-state index contributed by atoms with van der Waals surface area (Å²) in [5, 5.41) is 3.21. The minimum atomic E-state index is -0.340. The first kappa shape index (κ1) is 16.2. The highest BCUT2D eigenvalue weighted by molar-refractivity contribution is 5.85. The highest BCUT2D eigenvalue weighted by atomic mass is 35.5. The maximum Gasteiger partial charge on any atom is 0.325 e. The molecule has 0 unspecified atom stereocenters. The standard InChI is InChI=1S/C11H20N2O3.ClH/c1-3-16-10(14)8-13(2)11(15)9-4-6-12-7-5-9;/h9,12H,3-8H2,1-2H3;1H. The van der Waals surface area contributed by atoms with Crippen LogP contribution < -0.4 is 5.32 Å². The monoisotopic (exact) mass is 264 g/mol. The molecule has 0 saturated carbocycles. The maximum atomic E-state index is 11.9. The molecule has 100 valence electrons. The second-order valence-electron chi connectivity index (χ2n) is 4.02. The Morgan fingerprint density at radius 3 is 2.47 bits per heavy atom. The molecule has 1 rings (SSSR count). The van der Waals surface area contributed by atoms with E-state index in [0.717, 1.165) is 25.9 Å². The second kappa shape index (κ2) is 8.31. The molecule has 0 bridgehead atoms. The number of hydrogen-bond acceptors (Lipinski definition) is 4. The number of esters is 1. The van der Waals surface area contributed by atoms with Crippen LogP contribution in [-0.2, 0) is 14.3 Å². The molecule has 1 saturated heterocycles. The summed E-state index contributed by atoms with van der Waals surface area (Å²) in [5.41, 5.74) is 0. The molecule has 1 aliphatic rings. The summed E-state index contributed by atoms with van der Waals surface area (Å²) < 4.78 is 4.80. The van der Waals surface area contributed by atoms with Crippen molar-refractivity contribution in [2.75, 3.05) is 33.3 Å². The van der Waals surface area contributed by atoms with Crippen molar-refractivity contribution < 1.29 is 14.3 Å². The van der Waals surface area contributed by atoms with Crippen molar-refractivity contribution in [2.24, 2.45) is 5.92 Å². The topological polar surface area (TPSA) is 58.6 Å². The Balaban J connectivity index is 0.00000256. The van der Waals surface area contributed by atoms with E-state index in [2.05, 4.69) is 5.32 Å². The van der Waals surface area contributed by atoms with Crippen LogP contribution in [0.5, 0.6) is 0 Å². The van der Waals surface area contributed by atoms with Crippen LogP contribution >= 0.6 is 12.4 Å². The van der Waals surface area contributed by atoms with Crippen molar-refractivity contribution in [3.63, 3.8) is 0 Å². The Hall–Kier alpha value is -0.810. The molecule has 6 heteroatoms. The predicted molar refractivity (Wildman–Crippen MR) is 67.1 cm³/mol. The van der Waals surface area contributed by atoms with Crippen LogP contribution in [0.15, 0.2) is 0 Å². The Morgan fingerprint density at radius 2 is 1.94 bits per heavy atom. The van der Waals surface area contributed by atoms with Gasteiger partial charge in [-0.3, -0.25) is 9.59 Å². The zero-order chi connectivity index (χ0) is 12.0. The Labute approximate surface area is 108 Å². The number of nitrogens with one attached hydrogen (secondary N) is 1. The summed E-state index contributed by atoms with van der Waals surface area (Å²) >= 11 is 0. The number of rotatable bonds is 4. The average molecular weight is 265 g/mol. The number of carbonyl (C=O) groups excluding carboxylic acids is 2. The first-order valence-corrected chi connectivity index (χ1v) is 5.76. The largest absolute Gasteiger partial charge is 0.465 e. The van der Waals surface area contributed by atoms with E-state index in [9.17, 15) is 9.59 Å². The van der Waals surface area contributed by atoms with Gasteiger partial charge in [-0.05, 0) is 32.9 Å². The molecule has 0 aliphatic carbocycles. The van der Waals surface area contributed by atoms with Gasteiger partial charge in [0.1, 0.15) is 6.54 Å². The van der Waals surface area contributed by atoms with Crippen molar-refractivity contribution in [2.45, 2.75) is 19.8 Å². The van der Waals surface area contributed by atoms with Crippen LogP contribution in [0.25, 0.3) is 0 Å². The van der Waals surface area contributed by atoms with E-state index in [1.165, 1.54) is 4.90 Å². The van der Waals surface area contributed by atoms with E-state index >= 15 is 0 Å².